The highest BCUT2D eigenvalue weighted by Gasteiger charge is 2.12. The third kappa shape index (κ3) is 1.61. The summed E-state index contributed by atoms with van der Waals surface area (Å²) in [5, 5.41) is 28.2. The number of rotatable bonds is 2. The zero-order valence-corrected chi connectivity index (χ0v) is 8.30. The van der Waals surface area contributed by atoms with Crippen LogP contribution in [0.2, 0.25) is 0 Å². The Balaban J connectivity index is 2.83. The molecule has 5 heteroatoms. The Kier molecular flexibility index (Phi) is 2.54. The molecule has 0 saturated carbocycles. The molecular formula is C11H10O5. The standard InChI is InChI=1S/C11H10O5/c12-4-3-6-5-9(14)16-11-7(6)1-2-8(13)10(11)15/h1-2,5,12-13,15H,3-4H2. The minimum Gasteiger partial charge on any atom is -0.504 e. The van der Waals surface area contributed by atoms with Gasteiger partial charge in [0, 0.05) is 18.1 Å². The minimum atomic E-state index is -0.628. The summed E-state index contributed by atoms with van der Waals surface area (Å²) >= 11 is 0. The van der Waals surface area contributed by atoms with Gasteiger partial charge in [0.2, 0.25) is 5.75 Å². The van der Waals surface area contributed by atoms with Gasteiger partial charge in [0.25, 0.3) is 0 Å². The zero-order valence-electron chi connectivity index (χ0n) is 8.30. The number of aliphatic hydroxyl groups is 1. The van der Waals surface area contributed by atoms with Crippen LogP contribution in [0.25, 0.3) is 11.0 Å². The lowest BCUT2D eigenvalue weighted by molar-refractivity contribution is 0.299. The third-order valence-electron chi connectivity index (χ3n) is 2.33. The van der Waals surface area contributed by atoms with E-state index in [9.17, 15) is 15.0 Å². The van der Waals surface area contributed by atoms with Crippen molar-refractivity contribution in [3.63, 3.8) is 0 Å². The fourth-order valence-corrected chi connectivity index (χ4v) is 1.59. The smallest absolute Gasteiger partial charge is 0.336 e. The molecule has 5 nitrogen and oxygen atoms in total. The Morgan fingerprint density at radius 3 is 2.69 bits per heavy atom. The molecule has 16 heavy (non-hydrogen) atoms. The summed E-state index contributed by atoms with van der Waals surface area (Å²) in [5.41, 5.74) is -0.114. The van der Waals surface area contributed by atoms with E-state index in [2.05, 4.69) is 0 Å². The molecule has 0 aliphatic carbocycles. The molecule has 0 amide bonds. The molecule has 0 atom stereocenters. The summed E-state index contributed by atoms with van der Waals surface area (Å²) in [6.45, 7) is -0.111. The van der Waals surface area contributed by atoms with Gasteiger partial charge < -0.3 is 19.7 Å². The second-order valence-electron chi connectivity index (χ2n) is 3.37. The van der Waals surface area contributed by atoms with Crippen LogP contribution in [-0.4, -0.2) is 21.9 Å². The summed E-state index contributed by atoms with van der Waals surface area (Å²) in [4.78, 5) is 11.2. The molecule has 1 aromatic heterocycles. The second kappa shape index (κ2) is 3.86. The predicted molar refractivity (Wildman–Crippen MR) is 56.6 cm³/mol. The van der Waals surface area contributed by atoms with Crippen molar-refractivity contribution in [3.05, 3.63) is 34.2 Å². The fraction of sp³-hybridized carbons (Fsp3) is 0.182. The molecule has 1 heterocycles. The van der Waals surface area contributed by atoms with Gasteiger partial charge in [-0.1, -0.05) is 0 Å². The monoisotopic (exact) mass is 222 g/mol. The van der Waals surface area contributed by atoms with E-state index in [1.807, 2.05) is 0 Å². The van der Waals surface area contributed by atoms with Crippen molar-refractivity contribution in [1.82, 2.24) is 0 Å². The van der Waals surface area contributed by atoms with E-state index in [1.165, 1.54) is 18.2 Å². The highest BCUT2D eigenvalue weighted by atomic mass is 16.4. The number of hydrogen-bond acceptors (Lipinski definition) is 5. The first-order valence-corrected chi connectivity index (χ1v) is 4.72. The second-order valence-corrected chi connectivity index (χ2v) is 3.37. The maximum absolute atomic E-state index is 11.2. The molecule has 0 aliphatic heterocycles. The number of fused-ring (bicyclic) bond motifs is 1. The van der Waals surface area contributed by atoms with Crippen LogP contribution in [0, 0.1) is 0 Å². The van der Waals surface area contributed by atoms with Gasteiger partial charge in [0.15, 0.2) is 11.3 Å². The van der Waals surface area contributed by atoms with Crippen molar-refractivity contribution in [3.8, 4) is 11.5 Å². The first kappa shape index (κ1) is 10.5. The molecule has 2 rings (SSSR count). The molecule has 1 aromatic carbocycles. The van der Waals surface area contributed by atoms with Crippen LogP contribution >= 0.6 is 0 Å². The molecule has 2 aromatic rings. The van der Waals surface area contributed by atoms with Crippen LogP contribution in [-0.2, 0) is 6.42 Å². The van der Waals surface area contributed by atoms with Gasteiger partial charge in [-0.05, 0) is 24.1 Å². The first-order valence-electron chi connectivity index (χ1n) is 4.72. The lowest BCUT2D eigenvalue weighted by Gasteiger charge is -2.05. The number of benzene rings is 1. The molecule has 0 bridgehead atoms. The van der Waals surface area contributed by atoms with Gasteiger partial charge in [-0.25, -0.2) is 4.79 Å². The summed E-state index contributed by atoms with van der Waals surface area (Å²) in [5.74, 6) is -0.814. The van der Waals surface area contributed by atoms with Gasteiger partial charge >= 0.3 is 5.63 Å². The topological polar surface area (TPSA) is 90.9 Å². The van der Waals surface area contributed by atoms with Gasteiger partial charge in [-0.2, -0.15) is 0 Å². The highest BCUT2D eigenvalue weighted by Crippen LogP contribution is 2.33. The van der Waals surface area contributed by atoms with Crippen LogP contribution in [0.1, 0.15) is 5.56 Å². The van der Waals surface area contributed by atoms with Crippen LogP contribution in [0.5, 0.6) is 11.5 Å². The number of hydrogen-bond donors (Lipinski definition) is 3. The zero-order chi connectivity index (χ0) is 11.7. The van der Waals surface area contributed by atoms with Crippen molar-refractivity contribution in [2.24, 2.45) is 0 Å². The summed E-state index contributed by atoms with van der Waals surface area (Å²) < 4.78 is 4.81. The first-order chi connectivity index (χ1) is 7.63. The fourth-order valence-electron chi connectivity index (χ4n) is 1.59. The van der Waals surface area contributed by atoms with Crippen molar-refractivity contribution in [2.75, 3.05) is 6.61 Å². The van der Waals surface area contributed by atoms with Crippen molar-refractivity contribution >= 4 is 11.0 Å². The molecule has 0 aliphatic rings. The van der Waals surface area contributed by atoms with Gasteiger partial charge in [-0.15, -0.1) is 0 Å². The molecule has 0 spiro atoms. The van der Waals surface area contributed by atoms with Crippen LogP contribution in [0.15, 0.2) is 27.4 Å². The Hall–Kier alpha value is -2.01. The van der Waals surface area contributed by atoms with Crippen LogP contribution in [0.3, 0.4) is 0 Å². The number of aromatic hydroxyl groups is 2. The summed E-state index contributed by atoms with van der Waals surface area (Å²) in [6, 6.07) is 4.09. The minimum absolute atomic E-state index is 0.0593. The Morgan fingerprint density at radius 2 is 2.00 bits per heavy atom. The molecule has 84 valence electrons. The van der Waals surface area contributed by atoms with Crippen molar-refractivity contribution in [2.45, 2.75) is 6.42 Å². The van der Waals surface area contributed by atoms with Crippen LogP contribution in [0.4, 0.5) is 0 Å². The summed E-state index contributed by atoms with van der Waals surface area (Å²) in [7, 11) is 0. The maximum Gasteiger partial charge on any atom is 0.336 e. The highest BCUT2D eigenvalue weighted by molar-refractivity contribution is 5.87. The quantitative estimate of drug-likeness (QED) is 0.515. The van der Waals surface area contributed by atoms with E-state index < -0.39 is 11.4 Å². The number of phenols is 2. The normalized spacial score (nSPS) is 10.8. The third-order valence-corrected chi connectivity index (χ3v) is 2.33. The van der Waals surface area contributed by atoms with Gasteiger partial charge in [0.05, 0.1) is 0 Å². The predicted octanol–water partition coefficient (Wildman–Crippen LogP) is 0.739. The lowest BCUT2D eigenvalue weighted by Crippen LogP contribution is -2.02. The van der Waals surface area contributed by atoms with Crippen LogP contribution < -0.4 is 5.63 Å². The van der Waals surface area contributed by atoms with Crippen molar-refractivity contribution < 1.29 is 19.7 Å². The molecule has 0 radical (unpaired) electrons. The van der Waals surface area contributed by atoms with E-state index in [0.717, 1.165) is 0 Å². The largest absolute Gasteiger partial charge is 0.504 e. The van der Waals surface area contributed by atoms with Gasteiger partial charge in [-0.3, -0.25) is 0 Å². The van der Waals surface area contributed by atoms with E-state index in [4.69, 9.17) is 9.52 Å². The average Bonchev–Trinajstić information content (AvgIpc) is 2.24. The van der Waals surface area contributed by atoms with Gasteiger partial charge in [0.1, 0.15) is 0 Å². The molecular weight excluding hydrogens is 212 g/mol. The Labute approximate surface area is 90.2 Å². The SMILES string of the molecule is O=c1cc(CCO)c2ccc(O)c(O)c2o1. The van der Waals surface area contributed by atoms with E-state index in [-0.39, 0.29) is 24.4 Å². The summed E-state index contributed by atoms with van der Waals surface area (Å²) in [6.07, 6.45) is 0.284. The Bertz CT molecular complexity index is 585. The Morgan fingerprint density at radius 1 is 1.25 bits per heavy atom. The van der Waals surface area contributed by atoms with Crippen molar-refractivity contribution in [1.29, 1.82) is 0 Å². The molecule has 0 saturated heterocycles. The average molecular weight is 222 g/mol. The lowest BCUT2D eigenvalue weighted by atomic mass is 10.1. The molecule has 3 N–H and O–H groups in total. The maximum atomic E-state index is 11.2. The van der Waals surface area contributed by atoms with E-state index >= 15 is 0 Å². The van der Waals surface area contributed by atoms with E-state index in [1.54, 1.807) is 0 Å². The molecule has 0 unspecified atom stereocenters. The number of aliphatic hydroxyl groups excluding tert-OH is 1. The van der Waals surface area contributed by atoms with E-state index in [0.29, 0.717) is 10.9 Å². The molecule has 0 fully saturated rings. The number of phenolic OH excluding ortho intramolecular Hbond substituents is 2.